The first-order valence-corrected chi connectivity index (χ1v) is 11.6. The Morgan fingerprint density at radius 1 is 1.03 bits per heavy atom. The number of likely N-dealkylation sites (tertiary alicyclic amines) is 1. The molecule has 4 rings (SSSR count). The van der Waals surface area contributed by atoms with Crippen LogP contribution in [0.5, 0.6) is 5.75 Å². The van der Waals surface area contributed by atoms with Crippen LogP contribution in [0.2, 0.25) is 0 Å². The second kappa shape index (κ2) is 10.8. The molecule has 0 radical (unpaired) electrons. The van der Waals surface area contributed by atoms with E-state index in [1.54, 1.807) is 18.2 Å². The highest BCUT2D eigenvalue weighted by molar-refractivity contribution is 5.82. The number of fused-ring (bicyclic) bond motifs is 1. The third-order valence-electron chi connectivity index (χ3n) is 6.27. The SMILES string of the molecule is O=C(O)Cn1c(CCc2cccc(F)c2F)cc(=O)c2ccc(OCCN3CCCCC3)cc21. The number of carboxylic acid groups (broad SMARTS) is 1. The molecule has 0 bridgehead atoms. The van der Waals surface area contributed by atoms with Crippen molar-refractivity contribution in [1.82, 2.24) is 9.47 Å². The van der Waals surface area contributed by atoms with Crippen molar-refractivity contribution in [1.29, 1.82) is 0 Å². The summed E-state index contributed by atoms with van der Waals surface area (Å²) in [6.07, 6.45) is 3.95. The number of carboxylic acids is 1. The molecule has 0 unspecified atom stereocenters. The predicted octanol–water partition coefficient (Wildman–Crippen LogP) is 4.01. The molecule has 0 spiro atoms. The number of nitrogens with zero attached hydrogens (tertiary/aromatic N) is 2. The molecule has 0 saturated carbocycles. The maximum absolute atomic E-state index is 14.1. The molecule has 0 aliphatic carbocycles. The smallest absolute Gasteiger partial charge is 0.323 e. The van der Waals surface area contributed by atoms with Crippen molar-refractivity contribution in [2.24, 2.45) is 0 Å². The summed E-state index contributed by atoms with van der Waals surface area (Å²) in [5.74, 6) is -2.39. The van der Waals surface area contributed by atoms with E-state index < -0.39 is 17.6 Å². The van der Waals surface area contributed by atoms with E-state index >= 15 is 0 Å². The number of hydrogen-bond donors (Lipinski definition) is 1. The third kappa shape index (κ3) is 5.62. The van der Waals surface area contributed by atoms with Crippen LogP contribution in [-0.2, 0) is 24.2 Å². The van der Waals surface area contributed by atoms with E-state index in [0.29, 0.717) is 29.0 Å². The van der Waals surface area contributed by atoms with Gasteiger partial charge in [0.15, 0.2) is 17.1 Å². The molecule has 1 aromatic heterocycles. The Morgan fingerprint density at radius 3 is 2.59 bits per heavy atom. The van der Waals surface area contributed by atoms with Gasteiger partial charge in [0.05, 0.1) is 5.52 Å². The lowest BCUT2D eigenvalue weighted by Crippen LogP contribution is -2.33. The van der Waals surface area contributed by atoms with Crippen LogP contribution in [0.3, 0.4) is 0 Å². The van der Waals surface area contributed by atoms with Gasteiger partial charge in [0.1, 0.15) is 18.9 Å². The van der Waals surface area contributed by atoms with Crippen LogP contribution >= 0.6 is 0 Å². The summed E-state index contributed by atoms with van der Waals surface area (Å²) in [6.45, 7) is 3.06. The summed E-state index contributed by atoms with van der Waals surface area (Å²) in [5, 5.41) is 9.88. The molecule has 2 aromatic carbocycles. The summed E-state index contributed by atoms with van der Waals surface area (Å²) in [4.78, 5) is 26.7. The van der Waals surface area contributed by atoms with Crippen molar-refractivity contribution in [2.45, 2.75) is 38.6 Å². The fourth-order valence-electron chi connectivity index (χ4n) is 4.50. The van der Waals surface area contributed by atoms with E-state index in [1.807, 2.05) is 0 Å². The molecule has 0 atom stereocenters. The lowest BCUT2D eigenvalue weighted by Gasteiger charge is -2.26. The van der Waals surface area contributed by atoms with Crippen LogP contribution in [0.25, 0.3) is 10.9 Å². The molecule has 1 N–H and O–H groups in total. The number of halogens is 2. The van der Waals surface area contributed by atoms with E-state index in [2.05, 4.69) is 4.90 Å². The zero-order valence-electron chi connectivity index (χ0n) is 18.9. The largest absolute Gasteiger partial charge is 0.492 e. The number of aryl methyl sites for hydroxylation is 2. The number of piperidine rings is 1. The summed E-state index contributed by atoms with van der Waals surface area (Å²) in [6, 6.07) is 10.4. The van der Waals surface area contributed by atoms with Gasteiger partial charge < -0.3 is 14.4 Å². The third-order valence-corrected chi connectivity index (χ3v) is 6.27. The lowest BCUT2D eigenvalue weighted by atomic mass is 10.0. The predicted molar refractivity (Wildman–Crippen MR) is 125 cm³/mol. The molecule has 3 aromatic rings. The maximum atomic E-state index is 14.1. The van der Waals surface area contributed by atoms with Crippen molar-refractivity contribution in [3.63, 3.8) is 0 Å². The van der Waals surface area contributed by atoms with E-state index in [4.69, 9.17) is 4.74 Å². The Balaban J connectivity index is 1.60. The Labute approximate surface area is 196 Å². The van der Waals surface area contributed by atoms with Crippen molar-refractivity contribution in [3.8, 4) is 5.75 Å². The highest BCUT2D eigenvalue weighted by atomic mass is 19.2. The molecule has 1 aliphatic rings. The summed E-state index contributed by atoms with van der Waals surface area (Å²) >= 11 is 0. The quantitative estimate of drug-likeness (QED) is 0.512. The monoisotopic (exact) mass is 470 g/mol. The molecule has 2 heterocycles. The van der Waals surface area contributed by atoms with Crippen molar-refractivity contribution >= 4 is 16.9 Å². The Kier molecular flexibility index (Phi) is 7.57. The maximum Gasteiger partial charge on any atom is 0.323 e. The molecule has 180 valence electrons. The fourth-order valence-corrected chi connectivity index (χ4v) is 4.50. The van der Waals surface area contributed by atoms with E-state index in [1.165, 1.54) is 42.0 Å². The topological polar surface area (TPSA) is 71.8 Å². The molecule has 8 heteroatoms. The number of hydrogen-bond acceptors (Lipinski definition) is 4. The van der Waals surface area contributed by atoms with Crippen LogP contribution in [0.1, 0.15) is 30.5 Å². The molecule has 34 heavy (non-hydrogen) atoms. The van der Waals surface area contributed by atoms with Gasteiger partial charge in [0, 0.05) is 29.8 Å². The van der Waals surface area contributed by atoms with Crippen LogP contribution in [0.15, 0.2) is 47.3 Å². The van der Waals surface area contributed by atoms with Gasteiger partial charge in [-0.25, -0.2) is 8.78 Å². The van der Waals surface area contributed by atoms with Crippen LogP contribution in [0.4, 0.5) is 8.78 Å². The fraction of sp³-hybridized carbons (Fsp3) is 0.385. The van der Waals surface area contributed by atoms with Crippen LogP contribution in [-0.4, -0.2) is 46.8 Å². The minimum Gasteiger partial charge on any atom is -0.492 e. The molecule has 1 aliphatic heterocycles. The Bertz CT molecular complexity index is 1240. The van der Waals surface area contributed by atoms with Gasteiger partial charge in [-0.2, -0.15) is 0 Å². The first-order chi connectivity index (χ1) is 16.4. The van der Waals surface area contributed by atoms with Gasteiger partial charge in [-0.3, -0.25) is 14.5 Å². The van der Waals surface area contributed by atoms with E-state index in [0.717, 1.165) is 25.7 Å². The minimum absolute atomic E-state index is 0.125. The lowest BCUT2D eigenvalue weighted by molar-refractivity contribution is -0.137. The van der Waals surface area contributed by atoms with E-state index in [-0.39, 0.29) is 30.4 Å². The number of benzene rings is 2. The van der Waals surface area contributed by atoms with Crippen molar-refractivity contribution in [2.75, 3.05) is 26.2 Å². The zero-order chi connectivity index (χ0) is 24.1. The second-order valence-electron chi connectivity index (χ2n) is 8.62. The number of carbonyl (C=O) groups is 1. The highest BCUT2D eigenvalue weighted by Gasteiger charge is 2.15. The van der Waals surface area contributed by atoms with Crippen molar-refractivity contribution < 1.29 is 23.4 Å². The second-order valence-corrected chi connectivity index (χ2v) is 8.62. The number of aliphatic carboxylic acids is 1. The average Bonchev–Trinajstić information content (AvgIpc) is 2.82. The molecule has 6 nitrogen and oxygen atoms in total. The molecular formula is C26H28F2N2O4. The first kappa shape index (κ1) is 23.9. The molecular weight excluding hydrogens is 442 g/mol. The van der Waals surface area contributed by atoms with Crippen molar-refractivity contribution in [3.05, 3.63) is 75.6 Å². The van der Waals surface area contributed by atoms with Gasteiger partial charge in [0.2, 0.25) is 0 Å². The minimum atomic E-state index is -1.07. The zero-order valence-corrected chi connectivity index (χ0v) is 18.9. The molecule has 1 saturated heterocycles. The Morgan fingerprint density at radius 2 is 1.82 bits per heavy atom. The summed E-state index contributed by atoms with van der Waals surface area (Å²) in [7, 11) is 0. The van der Waals surface area contributed by atoms with Gasteiger partial charge in [-0.15, -0.1) is 0 Å². The highest BCUT2D eigenvalue weighted by Crippen LogP contribution is 2.22. The van der Waals surface area contributed by atoms with Crippen LogP contribution in [0, 0.1) is 11.6 Å². The Hall–Kier alpha value is -3.26. The molecule has 0 amide bonds. The normalized spacial score (nSPS) is 14.4. The number of rotatable bonds is 9. The van der Waals surface area contributed by atoms with Gasteiger partial charge in [0.25, 0.3) is 0 Å². The van der Waals surface area contributed by atoms with Gasteiger partial charge in [-0.1, -0.05) is 18.6 Å². The van der Waals surface area contributed by atoms with Gasteiger partial charge >= 0.3 is 5.97 Å². The van der Waals surface area contributed by atoms with Gasteiger partial charge in [-0.05, 0) is 62.5 Å². The number of pyridine rings is 1. The van der Waals surface area contributed by atoms with Crippen LogP contribution < -0.4 is 10.2 Å². The summed E-state index contributed by atoms with van der Waals surface area (Å²) < 4.78 is 35.1. The summed E-state index contributed by atoms with van der Waals surface area (Å²) in [5.41, 5.74) is 0.796. The van der Waals surface area contributed by atoms with E-state index in [9.17, 15) is 23.5 Å². The average molecular weight is 471 g/mol. The first-order valence-electron chi connectivity index (χ1n) is 11.6. The number of ether oxygens (including phenoxy) is 1. The number of aromatic nitrogens is 1. The molecule has 1 fully saturated rings. The standard InChI is InChI=1S/C26H28F2N2O4/c27-22-6-4-5-18(26(22)28)7-8-19-15-24(31)21-10-9-20(16-23(21)30(19)17-25(32)33)34-14-13-29-11-2-1-3-12-29/h4-6,9-10,15-16H,1-3,7-8,11-14,17H2,(H,32,33).